The summed E-state index contributed by atoms with van der Waals surface area (Å²) in [6, 6.07) is -2.52. The fourth-order valence-corrected chi connectivity index (χ4v) is 7.03. The molecule has 0 radical (unpaired) electrons. The van der Waals surface area contributed by atoms with Gasteiger partial charge in [0, 0.05) is 0 Å². The van der Waals surface area contributed by atoms with Gasteiger partial charge in [-0.2, -0.15) is 13.8 Å². The number of aliphatic hydroxyl groups excluding tert-OH is 1. The van der Waals surface area contributed by atoms with Crippen LogP contribution in [0.25, 0.3) is 11.2 Å². The van der Waals surface area contributed by atoms with Gasteiger partial charge in [0.1, 0.15) is 12.1 Å². The van der Waals surface area contributed by atoms with Crippen molar-refractivity contribution in [2.45, 2.75) is 96.1 Å². The fraction of sp³-hybridized carbons (Fsp3) is 0.696. The van der Waals surface area contributed by atoms with Crippen molar-refractivity contribution in [2.24, 2.45) is 0 Å². The second-order valence-corrected chi connectivity index (χ2v) is 14.0. The maximum Gasteiger partial charge on any atom is 0.323 e. The number of ether oxygens (including phenoxy) is 3. The van der Waals surface area contributed by atoms with E-state index in [2.05, 4.69) is 25.1 Å². The number of nitrogens with two attached hydrogens (primary N) is 1. The van der Waals surface area contributed by atoms with Gasteiger partial charge in [-0.05, 0) is 53.3 Å². The number of imidazole rings is 1. The van der Waals surface area contributed by atoms with Crippen LogP contribution in [0.3, 0.4) is 0 Å². The van der Waals surface area contributed by atoms with E-state index in [1.807, 2.05) is 0 Å². The summed E-state index contributed by atoms with van der Waals surface area (Å²) in [7, 11) is 0. The molecule has 0 aliphatic carbocycles. The molecule has 6 N–H and O–H groups in total. The van der Waals surface area contributed by atoms with E-state index < -0.39 is 102 Å². The third-order valence-corrected chi connectivity index (χ3v) is 9.11. The zero-order valence-electron chi connectivity index (χ0n) is 24.4. The summed E-state index contributed by atoms with van der Waals surface area (Å²) in [5.74, 6) is -6.83. The van der Waals surface area contributed by atoms with Crippen LogP contribution in [0.15, 0.2) is 11.1 Å². The van der Waals surface area contributed by atoms with Crippen LogP contribution in [0.2, 0.25) is 0 Å². The number of carbonyl (C=O) groups excluding carboxylic acids is 2. The summed E-state index contributed by atoms with van der Waals surface area (Å²) >= 11 is 5.46. The maximum absolute atomic E-state index is 15.7. The number of esters is 2. The number of aromatic amines is 1. The van der Waals surface area contributed by atoms with Crippen LogP contribution in [-0.2, 0) is 40.1 Å². The summed E-state index contributed by atoms with van der Waals surface area (Å²) in [6.45, 7) is 3.14. The number of alkyl halides is 4. The number of H-pyrrole nitrogens is 1. The molecule has 3 heterocycles. The number of halogens is 4. The minimum atomic E-state index is -4.71. The molecule has 1 aliphatic heterocycles. The Kier molecular flexibility index (Phi) is 10.8. The van der Waals surface area contributed by atoms with E-state index in [4.69, 9.17) is 36.3 Å². The lowest BCUT2D eigenvalue weighted by atomic mass is 9.95. The molecular weight excluding hydrogens is 641 g/mol. The molecule has 2 aromatic heterocycles. The van der Waals surface area contributed by atoms with Gasteiger partial charge in [0.05, 0.1) is 25.1 Å². The van der Waals surface area contributed by atoms with Gasteiger partial charge < -0.3 is 29.6 Å². The van der Waals surface area contributed by atoms with Crippen molar-refractivity contribution in [3.8, 4) is 0 Å². The minimum Gasteiger partial charge on any atom is -0.462 e. The third-order valence-electron chi connectivity index (χ3n) is 6.21. The molecule has 21 heteroatoms. The Hall–Kier alpha value is -2.74. The van der Waals surface area contributed by atoms with Crippen LogP contribution in [-0.4, -0.2) is 91.5 Å². The van der Waals surface area contributed by atoms with Crippen molar-refractivity contribution < 1.29 is 51.0 Å². The molecule has 0 saturated carbocycles. The highest BCUT2D eigenvalue weighted by atomic mass is 32.4. The molecule has 1 fully saturated rings. The molecule has 5 atom stereocenters. The summed E-state index contributed by atoms with van der Waals surface area (Å²) < 4.78 is 82.1. The highest BCUT2D eigenvalue weighted by Gasteiger charge is 2.74. The molecule has 2 aromatic rings. The summed E-state index contributed by atoms with van der Waals surface area (Å²) in [5, 5.41) is 15.7. The highest BCUT2D eigenvalue weighted by molar-refractivity contribution is 8.10. The predicted octanol–water partition coefficient (Wildman–Crippen LogP) is 1.33. The SMILES string of the molecule is CC(C)OC(=O)[C@H](C)NP(=S)(N[C@@H](C)C(=O)OC(C)C)OC[C@@]1(C(F)F)O[C@@H](n2cnc3c(=O)[nH]c(N)nc32)[C@H](O)C1(F)F. The van der Waals surface area contributed by atoms with Gasteiger partial charge in [-0.25, -0.2) is 23.9 Å². The van der Waals surface area contributed by atoms with Crippen molar-refractivity contribution in [3.63, 3.8) is 0 Å². The number of nitrogen functional groups attached to an aromatic ring is 1. The Bertz CT molecular complexity index is 1440. The number of aromatic nitrogens is 4. The maximum atomic E-state index is 15.7. The first-order valence-corrected chi connectivity index (χ1v) is 15.9. The van der Waals surface area contributed by atoms with Crippen LogP contribution < -0.4 is 21.5 Å². The molecule has 1 aliphatic rings. The van der Waals surface area contributed by atoms with Crippen molar-refractivity contribution in [3.05, 3.63) is 16.7 Å². The Morgan fingerprint density at radius 2 is 1.68 bits per heavy atom. The van der Waals surface area contributed by atoms with Crippen molar-refractivity contribution >= 4 is 47.4 Å². The molecule has 3 rings (SSSR count). The van der Waals surface area contributed by atoms with E-state index in [1.54, 1.807) is 27.7 Å². The van der Waals surface area contributed by atoms with Crippen LogP contribution >= 0.6 is 6.57 Å². The molecule has 0 aromatic carbocycles. The van der Waals surface area contributed by atoms with Gasteiger partial charge in [0.15, 0.2) is 30.1 Å². The first kappa shape index (κ1) is 35.7. The number of hydrogen-bond donors (Lipinski definition) is 5. The van der Waals surface area contributed by atoms with E-state index in [9.17, 15) is 28.3 Å². The number of fused-ring (bicyclic) bond motifs is 1. The van der Waals surface area contributed by atoms with Gasteiger partial charge in [-0.3, -0.25) is 23.9 Å². The van der Waals surface area contributed by atoms with Gasteiger partial charge in [-0.1, -0.05) is 0 Å². The van der Waals surface area contributed by atoms with E-state index in [1.165, 1.54) is 13.8 Å². The van der Waals surface area contributed by atoms with E-state index >= 15 is 8.78 Å². The molecule has 0 amide bonds. The normalized spacial score (nSPS) is 23.4. The third kappa shape index (κ3) is 7.21. The number of aliphatic hydroxyl groups is 1. The number of anilines is 1. The van der Waals surface area contributed by atoms with Crippen LogP contribution in [0.1, 0.15) is 47.8 Å². The van der Waals surface area contributed by atoms with Crippen LogP contribution in [0, 0.1) is 0 Å². The second-order valence-electron chi connectivity index (χ2n) is 10.5. The average molecular weight is 676 g/mol. The first-order chi connectivity index (χ1) is 20.2. The summed E-state index contributed by atoms with van der Waals surface area (Å²) in [4.78, 5) is 46.7. The molecule has 248 valence electrons. The molecule has 0 spiro atoms. The molecular formula is C23H34F4N7O8PS. The quantitative estimate of drug-likeness (QED) is 0.116. The molecule has 0 bridgehead atoms. The zero-order valence-corrected chi connectivity index (χ0v) is 26.1. The lowest BCUT2D eigenvalue weighted by molar-refractivity contribution is -0.241. The molecule has 0 unspecified atom stereocenters. The zero-order chi connectivity index (χ0) is 33.4. The Morgan fingerprint density at radius 1 is 1.16 bits per heavy atom. The van der Waals surface area contributed by atoms with Crippen molar-refractivity contribution in [1.82, 2.24) is 29.7 Å². The van der Waals surface area contributed by atoms with Crippen molar-refractivity contribution in [1.29, 1.82) is 0 Å². The molecule has 15 nitrogen and oxygen atoms in total. The number of nitrogens with zero attached hydrogens (tertiary/aromatic N) is 3. The number of carbonyl (C=O) groups is 2. The van der Waals surface area contributed by atoms with Crippen LogP contribution in [0.4, 0.5) is 23.5 Å². The van der Waals surface area contributed by atoms with Gasteiger partial charge >= 0.3 is 17.9 Å². The van der Waals surface area contributed by atoms with E-state index in [0.29, 0.717) is 4.57 Å². The standard InChI is InChI=1S/C23H34F4N7O8PS/c1-9(2)40-18(37)11(5)32-43(44,33-12(6)19(38)41-10(3)4)39-7-22(20(24)25)23(26,27)14(35)17(42-22)34-8-29-13-15(34)30-21(28)31-16(13)36/h8-12,14,17,20,35H,7H2,1-6H3,(H2,32,33,44)(H3,28,30,31,36)/t11-,12-,14-,17+,22-/m0/s1. The molecule has 44 heavy (non-hydrogen) atoms. The topological polar surface area (TPSA) is 205 Å². The minimum absolute atomic E-state index is 0.391. The number of nitrogens with one attached hydrogen (secondary N) is 3. The van der Waals surface area contributed by atoms with E-state index in [-0.39, 0.29) is 0 Å². The highest BCUT2D eigenvalue weighted by Crippen LogP contribution is 2.54. The number of hydrogen-bond acceptors (Lipinski definition) is 12. The van der Waals surface area contributed by atoms with Gasteiger partial charge in [-0.15, -0.1) is 0 Å². The van der Waals surface area contributed by atoms with Gasteiger partial charge in [0.25, 0.3) is 12.0 Å². The molecule has 1 saturated heterocycles. The monoisotopic (exact) mass is 675 g/mol. The van der Waals surface area contributed by atoms with Crippen LogP contribution in [0.5, 0.6) is 0 Å². The van der Waals surface area contributed by atoms with E-state index in [0.717, 1.165) is 6.33 Å². The fourth-order valence-electron chi connectivity index (χ4n) is 4.10. The summed E-state index contributed by atoms with van der Waals surface area (Å²) in [5.41, 5.74) is 0.00789. The Labute approximate surface area is 253 Å². The lowest BCUT2D eigenvalue weighted by Gasteiger charge is -2.36. The average Bonchev–Trinajstić information content (AvgIpc) is 3.39. The smallest absolute Gasteiger partial charge is 0.323 e. The van der Waals surface area contributed by atoms with Gasteiger partial charge in [0.2, 0.25) is 11.5 Å². The summed E-state index contributed by atoms with van der Waals surface area (Å²) in [6.07, 6.45) is -9.49. The van der Waals surface area contributed by atoms with Crippen molar-refractivity contribution in [2.75, 3.05) is 12.3 Å². The number of rotatable bonds is 13. The Morgan fingerprint density at radius 3 is 2.16 bits per heavy atom. The first-order valence-electron chi connectivity index (χ1n) is 13.2. The largest absolute Gasteiger partial charge is 0.462 e. The Balaban J connectivity index is 1.99. The predicted molar refractivity (Wildman–Crippen MR) is 150 cm³/mol. The lowest BCUT2D eigenvalue weighted by Crippen LogP contribution is -2.58. The second kappa shape index (κ2) is 13.3.